The fraction of sp³-hybridized carbons (Fsp3) is 0.556. The van der Waals surface area contributed by atoms with Gasteiger partial charge in [-0.2, -0.15) is 0 Å². The molecule has 0 aliphatic heterocycles. The van der Waals surface area contributed by atoms with E-state index in [-0.39, 0.29) is 38.7 Å². The van der Waals surface area contributed by atoms with Crippen LogP contribution in [0.1, 0.15) is 123 Å². The molecule has 0 aromatic heterocycles. The molecule has 10 nitrogen and oxygen atoms in total. The highest BCUT2D eigenvalue weighted by molar-refractivity contribution is 7.47. The van der Waals surface area contributed by atoms with Gasteiger partial charge in [-0.1, -0.05) is 130 Å². The Labute approximate surface area is 338 Å². The van der Waals surface area contributed by atoms with Gasteiger partial charge in [0.05, 0.1) is 19.3 Å². The van der Waals surface area contributed by atoms with E-state index in [1.165, 1.54) is 0 Å². The van der Waals surface area contributed by atoms with Crippen molar-refractivity contribution in [3.8, 4) is 0 Å². The van der Waals surface area contributed by atoms with Gasteiger partial charge in [0.2, 0.25) is 0 Å². The van der Waals surface area contributed by atoms with Crippen LogP contribution in [0, 0.1) is 0 Å². The van der Waals surface area contributed by atoms with Crippen LogP contribution < -0.4 is 5.73 Å². The molecule has 0 rings (SSSR count). The number of unbranched alkanes of at least 4 members (excludes halogenated alkanes) is 2. The zero-order valence-electron chi connectivity index (χ0n) is 34.2. The number of aliphatic hydroxyl groups excluding tert-OH is 1. The highest BCUT2D eigenvalue weighted by atomic mass is 31.2. The second kappa shape index (κ2) is 39.8. The van der Waals surface area contributed by atoms with Gasteiger partial charge in [0.15, 0.2) is 6.10 Å². The van der Waals surface area contributed by atoms with E-state index in [1.54, 1.807) is 0 Å². The third-order valence-corrected chi connectivity index (χ3v) is 8.68. The lowest BCUT2D eigenvalue weighted by molar-refractivity contribution is -0.161. The van der Waals surface area contributed by atoms with Crippen LogP contribution in [0.15, 0.2) is 109 Å². The molecular formula is C45H72NO9P. The van der Waals surface area contributed by atoms with Crippen LogP contribution in [0.4, 0.5) is 0 Å². The summed E-state index contributed by atoms with van der Waals surface area (Å²) < 4.78 is 32.6. The summed E-state index contributed by atoms with van der Waals surface area (Å²) in [6.07, 6.45) is 49.1. The Morgan fingerprint density at radius 3 is 1.54 bits per heavy atom. The third-order valence-electron chi connectivity index (χ3n) is 7.70. The summed E-state index contributed by atoms with van der Waals surface area (Å²) in [5, 5.41) is 9.72. The number of hydrogen-bond acceptors (Lipinski definition) is 9. The summed E-state index contributed by atoms with van der Waals surface area (Å²) in [4.78, 5) is 34.8. The van der Waals surface area contributed by atoms with Gasteiger partial charge < -0.3 is 25.2 Å². The first-order valence-electron chi connectivity index (χ1n) is 20.4. The summed E-state index contributed by atoms with van der Waals surface area (Å²) in [5.41, 5.74) is 5.33. The molecule has 0 bridgehead atoms. The lowest BCUT2D eigenvalue weighted by atomic mass is 10.1. The fourth-order valence-corrected chi connectivity index (χ4v) is 5.50. The number of phosphoric ester groups is 1. The van der Waals surface area contributed by atoms with E-state index in [0.29, 0.717) is 32.1 Å². The zero-order chi connectivity index (χ0) is 41.2. The maximum atomic E-state index is 12.5. The highest BCUT2D eigenvalue weighted by Gasteiger charge is 2.25. The molecule has 0 saturated carbocycles. The number of aliphatic hydroxyl groups is 1. The van der Waals surface area contributed by atoms with Gasteiger partial charge in [-0.05, 0) is 89.9 Å². The van der Waals surface area contributed by atoms with Crippen LogP contribution in [-0.2, 0) is 32.7 Å². The van der Waals surface area contributed by atoms with E-state index in [4.69, 9.17) is 24.3 Å². The van der Waals surface area contributed by atoms with E-state index in [9.17, 15) is 24.2 Å². The molecule has 0 aliphatic carbocycles. The smallest absolute Gasteiger partial charge is 0.462 e. The molecule has 0 aromatic rings. The molecule has 0 spiro atoms. The van der Waals surface area contributed by atoms with Crippen molar-refractivity contribution in [1.29, 1.82) is 0 Å². The Morgan fingerprint density at radius 2 is 1.07 bits per heavy atom. The van der Waals surface area contributed by atoms with Crippen molar-refractivity contribution < 1.29 is 42.7 Å². The summed E-state index contributed by atoms with van der Waals surface area (Å²) in [5.74, 6) is -0.997. The van der Waals surface area contributed by atoms with Crippen molar-refractivity contribution in [1.82, 2.24) is 0 Å². The molecule has 11 heteroatoms. The van der Waals surface area contributed by atoms with Gasteiger partial charge >= 0.3 is 19.8 Å². The van der Waals surface area contributed by atoms with Crippen LogP contribution >= 0.6 is 7.82 Å². The Kier molecular flexibility index (Phi) is 37.5. The topological polar surface area (TPSA) is 155 Å². The maximum absolute atomic E-state index is 12.5. The van der Waals surface area contributed by atoms with Crippen LogP contribution in [0.5, 0.6) is 0 Å². The van der Waals surface area contributed by atoms with Gasteiger partial charge in [-0.25, -0.2) is 4.57 Å². The van der Waals surface area contributed by atoms with E-state index >= 15 is 0 Å². The maximum Gasteiger partial charge on any atom is 0.472 e. The Morgan fingerprint density at radius 1 is 0.625 bits per heavy atom. The molecule has 0 aromatic carbocycles. The van der Waals surface area contributed by atoms with Crippen molar-refractivity contribution in [2.24, 2.45) is 5.73 Å². The van der Waals surface area contributed by atoms with Gasteiger partial charge in [0.25, 0.3) is 0 Å². The third kappa shape index (κ3) is 38.9. The van der Waals surface area contributed by atoms with Gasteiger partial charge in [-0.15, -0.1) is 0 Å². The molecule has 0 amide bonds. The Bertz CT molecular complexity index is 1300. The van der Waals surface area contributed by atoms with Crippen molar-refractivity contribution in [2.45, 2.75) is 135 Å². The summed E-state index contributed by atoms with van der Waals surface area (Å²) in [6.45, 7) is 3.24. The number of rotatable bonds is 36. The van der Waals surface area contributed by atoms with Crippen molar-refractivity contribution in [3.63, 3.8) is 0 Å². The van der Waals surface area contributed by atoms with Gasteiger partial charge in [-0.3, -0.25) is 18.6 Å². The molecule has 0 saturated heterocycles. The van der Waals surface area contributed by atoms with Crippen LogP contribution in [0.2, 0.25) is 0 Å². The average Bonchev–Trinajstić information content (AvgIpc) is 3.17. The predicted molar refractivity (Wildman–Crippen MR) is 230 cm³/mol. The van der Waals surface area contributed by atoms with E-state index in [2.05, 4.69) is 98.9 Å². The number of phosphoric acid groups is 1. The van der Waals surface area contributed by atoms with Crippen LogP contribution in [0.25, 0.3) is 0 Å². The standard InChI is InChI=1S/C45H72NO9P/c1-3-5-6-7-8-9-10-11-12-13-14-17-20-23-26-29-32-36-44(48)52-40-43(41-54-56(50,51)53-39-38-46)55-45(49)37-33-30-27-24-21-18-15-16-19-22-25-28-31-35-42(47)34-4-2/h5-6,8-9,11-12,14-15,17-19,22-24,26-28,31,42-43,47H,3-4,7,10,13,16,20-21,25,29-30,32-41,46H2,1-2H3,(H,50,51)/b6-5-,9-8-,12-11-,17-14-,18-15-,22-19-,26-23-,27-24-,31-28-/t42?,43-/m1/s1. The number of hydrogen-bond donors (Lipinski definition) is 3. The number of ether oxygens (including phenoxy) is 2. The molecule has 3 atom stereocenters. The fourth-order valence-electron chi connectivity index (χ4n) is 4.73. The van der Waals surface area contributed by atoms with Gasteiger partial charge in [0, 0.05) is 19.4 Å². The molecule has 2 unspecified atom stereocenters. The van der Waals surface area contributed by atoms with Gasteiger partial charge in [0.1, 0.15) is 6.61 Å². The van der Waals surface area contributed by atoms with Crippen molar-refractivity contribution in [2.75, 3.05) is 26.4 Å². The van der Waals surface area contributed by atoms with E-state index < -0.39 is 32.5 Å². The molecular weight excluding hydrogens is 729 g/mol. The highest BCUT2D eigenvalue weighted by Crippen LogP contribution is 2.43. The monoisotopic (exact) mass is 801 g/mol. The molecule has 0 radical (unpaired) electrons. The SMILES string of the molecule is CC/C=C\C/C=C\C/C=C\C/C=C\C/C=C\CCCC(=O)OC[C@H](COP(=O)(O)OCCN)OC(=O)CCC/C=C\C/C=C\C/C=C\C/C=C\CC(O)CCC. The first kappa shape index (κ1) is 52.6. The molecule has 0 fully saturated rings. The quantitative estimate of drug-likeness (QED) is 0.0241. The minimum absolute atomic E-state index is 0.0244. The van der Waals surface area contributed by atoms with Crippen molar-refractivity contribution in [3.05, 3.63) is 109 Å². The van der Waals surface area contributed by atoms with Crippen LogP contribution in [0.3, 0.4) is 0 Å². The molecule has 56 heavy (non-hydrogen) atoms. The summed E-state index contributed by atoms with van der Waals surface area (Å²) in [6, 6.07) is 0. The number of esters is 2. The lowest BCUT2D eigenvalue weighted by Gasteiger charge is -2.19. The minimum atomic E-state index is -4.42. The lowest BCUT2D eigenvalue weighted by Crippen LogP contribution is -2.29. The molecule has 316 valence electrons. The van der Waals surface area contributed by atoms with Crippen LogP contribution in [-0.4, -0.2) is 60.5 Å². The molecule has 0 aliphatic rings. The first-order chi connectivity index (χ1) is 27.2. The molecule has 4 N–H and O–H groups in total. The Balaban J connectivity index is 4.43. The zero-order valence-corrected chi connectivity index (χ0v) is 35.1. The van der Waals surface area contributed by atoms with E-state index in [0.717, 1.165) is 64.2 Å². The summed E-state index contributed by atoms with van der Waals surface area (Å²) in [7, 11) is -4.42. The predicted octanol–water partition coefficient (Wildman–Crippen LogP) is 10.6. The molecule has 0 heterocycles. The largest absolute Gasteiger partial charge is 0.472 e. The Hall–Kier alpha value is -3.37. The first-order valence-corrected chi connectivity index (χ1v) is 21.9. The normalized spacial score (nSPS) is 15.0. The number of carbonyl (C=O) groups excluding carboxylic acids is 2. The second-order valence-electron chi connectivity index (χ2n) is 12.9. The van der Waals surface area contributed by atoms with E-state index in [1.807, 2.05) is 24.3 Å². The summed E-state index contributed by atoms with van der Waals surface area (Å²) >= 11 is 0. The second-order valence-corrected chi connectivity index (χ2v) is 14.4. The minimum Gasteiger partial charge on any atom is -0.462 e. The number of allylic oxidation sites excluding steroid dienone is 17. The van der Waals surface area contributed by atoms with Crippen molar-refractivity contribution >= 4 is 19.8 Å². The average molecular weight is 802 g/mol. The number of carbonyl (C=O) groups is 2. The number of nitrogens with two attached hydrogens (primary N) is 1.